The summed E-state index contributed by atoms with van der Waals surface area (Å²) in [5.41, 5.74) is 4.80. The van der Waals surface area contributed by atoms with Gasteiger partial charge in [-0.2, -0.15) is 13.2 Å². The number of methoxy groups -OCH3 is 1. The number of amides is 1. The summed E-state index contributed by atoms with van der Waals surface area (Å²) in [6, 6.07) is 34.0. The first-order valence-electron chi connectivity index (χ1n) is 19.8. The maximum atomic E-state index is 14.8. The van der Waals surface area contributed by atoms with Crippen molar-refractivity contribution in [2.45, 2.75) is 62.9 Å². The number of hydrogen-bond donors (Lipinski definition) is 2. The van der Waals surface area contributed by atoms with E-state index >= 15 is 0 Å². The number of carbonyl (C=O) groups is 2. The lowest BCUT2D eigenvalue weighted by Crippen LogP contribution is -2.44. The highest BCUT2D eigenvalue weighted by Gasteiger charge is 2.40. The molecule has 0 aliphatic heterocycles. The van der Waals surface area contributed by atoms with Crippen LogP contribution in [0.15, 0.2) is 120 Å². The average molecular weight is 856 g/mol. The molecule has 1 aromatic heterocycles. The smallest absolute Gasteiger partial charge is 0.416 e. The molecule has 1 aliphatic rings. The van der Waals surface area contributed by atoms with E-state index in [2.05, 4.69) is 71.7 Å². The molecule has 0 spiro atoms. The van der Waals surface area contributed by atoms with Crippen LogP contribution < -0.4 is 19.7 Å². The molecular weight excluding hydrogens is 807 g/mol. The van der Waals surface area contributed by atoms with Crippen molar-refractivity contribution in [2.75, 3.05) is 23.8 Å². The Morgan fingerprint density at radius 3 is 2.33 bits per heavy atom. The van der Waals surface area contributed by atoms with Gasteiger partial charge in [0.2, 0.25) is 5.91 Å². The fourth-order valence-electron chi connectivity index (χ4n) is 7.60. The van der Waals surface area contributed by atoms with Crippen molar-refractivity contribution >= 4 is 46.7 Å². The molecule has 2 unspecified atom stereocenters. The molecule has 0 radical (unpaired) electrons. The highest BCUT2D eigenvalue weighted by atomic mass is 32.2. The molecule has 14 heteroatoms. The Morgan fingerprint density at radius 2 is 1.67 bits per heavy atom. The summed E-state index contributed by atoms with van der Waals surface area (Å²) in [6.07, 6.45) is -3.43. The van der Waals surface area contributed by atoms with Crippen LogP contribution in [0.3, 0.4) is 0 Å². The van der Waals surface area contributed by atoms with Gasteiger partial charge in [-0.05, 0) is 121 Å². The van der Waals surface area contributed by atoms with Crippen LogP contribution in [0.4, 0.5) is 28.9 Å². The first kappa shape index (κ1) is 44.7. The average Bonchev–Trinajstić information content (AvgIpc) is 3.54. The lowest BCUT2D eigenvalue weighted by atomic mass is 9.68. The summed E-state index contributed by atoms with van der Waals surface area (Å²) < 4.78 is 68.2. The summed E-state index contributed by atoms with van der Waals surface area (Å²) >= 11 is 1.60. The van der Waals surface area contributed by atoms with Crippen LogP contribution in [-0.4, -0.2) is 42.1 Å². The van der Waals surface area contributed by atoms with E-state index in [1.807, 2.05) is 82.5 Å². The lowest BCUT2D eigenvalue weighted by molar-refractivity contribution is -0.137. The van der Waals surface area contributed by atoms with Crippen LogP contribution in [0.25, 0.3) is 11.0 Å². The minimum absolute atomic E-state index is 0.0119. The predicted molar refractivity (Wildman–Crippen MR) is 232 cm³/mol. The van der Waals surface area contributed by atoms with Crippen molar-refractivity contribution in [1.29, 1.82) is 0 Å². The van der Waals surface area contributed by atoms with Gasteiger partial charge in [-0.25, -0.2) is 9.37 Å². The molecule has 4 atom stereocenters. The van der Waals surface area contributed by atoms with Gasteiger partial charge < -0.3 is 29.0 Å². The highest BCUT2D eigenvalue weighted by Crippen LogP contribution is 2.43. The number of aryl methyl sites for hydroxylation is 2. The van der Waals surface area contributed by atoms with E-state index in [0.29, 0.717) is 32.1 Å². The molecule has 1 aliphatic carbocycles. The number of rotatable bonds is 13. The number of aromatic nitrogens is 2. The van der Waals surface area contributed by atoms with E-state index in [4.69, 9.17) is 4.74 Å². The van der Waals surface area contributed by atoms with Gasteiger partial charge in [0, 0.05) is 43.2 Å². The maximum Gasteiger partial charge on any atom is 0.416 e. The van der Waals surface area contributed by atoms with Gasteiger partial charge in [-0.3, -0.25) is 9.59 Å². The van der Waals surface area contributed by atoms with Crippen LogP contribution in [0.5, 0.6) is 5.75 Å². The number of alkyl halides is 3. The molecule has 1 saturated carbocycles. The standard InChI is InChI=1S/C39H41F4N5O2S.C8H8O2/c1-23-32(26-8-11-29(12-9-26)48(4)51-31-15-17-37-36(21-31)45-24(2)47(37)3)19-28(44-22-25-6-13-30(50-5)14-7-25)20-33(23)38(49)46-35-16-10-27(18-34(35)40)39(41,42)43;9-7-10-6-8-4-2-1-3-5-8/h6-18,21,23,28,32-33,44H,19-20,22H2,1-5H3,(H,46,49);1-5,7H,6H2/t23-,28+,32?,33?;/m1./s1. The molecule has 2 N–H and O–H groups in total. The van der Waals surface area contributed by atoms with Crippen LogP contribution >= 0.6 is 11.9 Å². The Bertz CT molecular complexity index is 2390. The topological polar surface area (TPSA) is 97.7 Å². The zero-order chi connectivity index (χ0) is 43.7. The van der Waals surface area contributed by atoms with Gasteiger partial charge in [0.05, 0.1) is 29.4 Å². The van der Waals surface area contributed by atoms with E-state index in [1.165, 1.54) is 0 Å². The molecule has 320 valence electrons. The van der Waals surface area contributed by atoms with E-state index in [1.54, 1.807) is 19.1 Å². The second kappa shape index (κ2) is 20.1. The molecule has 1 heterocycles. The molecule has 9 nitrogen and oxygen atoms in total. The number of nitrogens with one attached hydrogen (secondary N) is 2. The molecular formula is C47H49F4N5O4S. The molecule has 1 fully saturated rings. The zero-order valence-electron chi connectivity index (χ0n) is 34.6. The molecule has 61 heavy (non-hydrogen) atoms. The third-order valence-electron chi connectivity index (χ3n) is 11.2. The third kappa shape index (κ3) is 11.5. The Hall–Kier alpha value is -5.86. The SMILES string of the molecule is COc1ccc(CN[C@@H]2CC(C(=O)Nc3ccc(C(F)(F)F)cc3F)[C@H](C)C(c3ccc(N(C)Sc4ccc5c(c4)nc(C)n5C)cc3)C2)cc1.O=COCc1ccccc1. The predicted octanol–water partition coefficient (Wildman–Crippen LogP) is 10.5. The second-order valence-corrected chi connectivity index (χ2v) is 16.3. The van der Waals surface area contributed by atoms with Crippen molar-refractivity contribution in [1.82, 2.24) is 14.9 Å². The first-order valence-corrected chi connectivity index (χ1v) is 20.6. The summed E-state index contributed by atoms with van der Waals surface area (Å²) in [5.74, 6) is -0.501. The molecule has 0 bridgehead atoms. The number of imidazole rings is 1. The van der Waals surface area contributed by atoms with Crippen molar-refractivity contribution < 1.29 is 36.6 Å². The lowest BCUT2D eigenvalue weighted by Gasteiger charge is -2.40. The van der Waals surface area contributed by atoms with Crippen molar-refractivity contribution in [3.63, 3.8) is 0 Å². The normalized spacial score (nSPS) is 17.5. The minimum Gasteiger partial charge on any atom is -0.497 e. The molecule has 5 aromatic carbocycles. The number of fused-ring (bicyclic) bond motifs is 1. The molecule has 7 rings (SSSR count). The Balaban J connectivity index is 0.000000546. The number of carbonyl (C=O) groups excluding carboxylic acids is 2. The second-order valence-electron chi connectivity index (χ2n) is 15.1. The van der Waals surface area contributed by atoms with Gasteiger partial charge in [-0.1, -0.05) is 61.5 Å². The highest BCUT2D eigenvalue weighted by molar-refractivity contribution is 8.00. The minimum atomic E-state index is -4.69. The largest absolute Gasteiger partial charge is 0.497 e. The molecule has 6 aromatic rings. The fraction of sp³-hybridized carbons (Fsp3) is 0.298. The van der Waals surface area contributed by atoms with Gasteiger partial charge >= 0.3 is 6.18 Å². The Morgan fingerprint density at radius 1 is 0.951 bits per heavy atom. The number of anilines is 2. The third-order valence-corrected chi connectivity index (χ3v) is 12.1. The summed E-state index contributed by atoms with van der Waals surface area (Å²) in [6.45, 7) is 5.39. The van der Waals surface area contributed by atoms with Crippen molar-refractivity contribution in [3.05, 3.63) is 149 Å². The summed E-state index contributed by atoms with van der Waals surface area (Å²) in [5, 5.41) is 6.21. The van der Waals surface area contributed by atoms with Gasteiger partial charge in [0.1, 0.15) is 24.0 Å². The maximum absolute atomic E-state index is 14.8. The van der Waals surface area contributed by atoms with Crippen LogP contribution in [0, 0.1) is 24.6 Å². The first-order chi connectivity index (χ1) is 29.2. The van der Waals surface area contributed by atoms with Gasteiger partial charge in [0.25, 0.3) is 6.47 Å². The van der Waals surface area contributed by atoms with E-state index in [0.717, 1.165) is 68.4 Å². The summed E-state index contributed by atoms with van der Waals surface area (Å²) in [4.78, 5) is 29.2. The number of benzene rings is 5. The monoisotopic (exact) mass is 855 g/mol. The van der Waals surface area contributed by atoms with Crippen LogP contribution in [0.2, 0.25) is 0 Å². The molecule has 0 saturated heterocycles. The zero-order valence-corrected chi connectivity index (χ0v) is 35.4. The molecule has 1 amide bonds. The van der Waals surface area contributed by atoms with E-state index < -0.39 is 29.4 Å². The number of ether oxygens (including phenoxy) is 2. The van der Waals surface area contributed by atoms with Gasteiger partial charge in [0.15, 0.2) is 0 Å². The fourth-order valence-corrected chi connectivity index (χ4v) is 8.44. The van der Waals surface area contributed by atoms with Gasteiger partial charge in [-0.15, -0.1) is 0 Å². The van der Waals surface area contributed by atoms with Crippen LogP contribution in [-0.2, 0) is 40.7 Å². The van der Waals surface area contributed by atoms with E-state index in [9.17, 15) is 27.2 Å². The quantitative estimate of drug-likeness (QED) is 0.0674. The number of nitrogens with zero attached hydrogens (tertiary/aromatic N) is 3. The Kier molecular flexibility index (Phi) is 14.7. The van der Waals surface area contributed by atoms with Crippen LogP contribution in [0.1, 0.15) is 53.8 Å². The van der Waals surface area contributed by atoms with Crippen molar-refractivity contribution in [2.24, 2.45) is 18.9 Å². The van der Waals surface area contributed by atoms with E-state index in [-0.39, 0.29) is 23.6 Å². The summed E-state index contributed by atoms with van der Waals surface area (Å²) in [7, 11) is 5.63. The van der Waals surface area contributed by atoms with Crippen molar-refractivity contribution in [3.8, 4) is 5.75 Å². The Labute approximate surface area is 357 Å². The number of halogens is 4. The number of hydrogen-bond acceptors (Lipinski definition) is 8.